The lowest BCUT2D eigenvalue weighted by Gasteiger charge is -2.10. The average Bonchev–Trinajstić information content (AvgIpc) is 3.32. The van der Waals surface area contributed by atoms with Gasteiger partial charge in [-0.05, 0) is 26.0 Å². The summed E-state index contributed by atoms with van der Waals surface area (Å²) in [5.74, 6) is 2.43. The summed E-state index contributed by atoms with van der Waals surface area (Å²) in [7, 11) is 0. The van der Waals surface area contributed by atoms with Gasteiger partial charge in [0.2, 0.25) is 11.6 Å². The molecule has 0 bridgehead atoms. The van der Waals surface area contributed by atoms with E-state index >= 15 is 0 Å². The summed E-state index contributed by atoms with van der Waals surface area (Å²) in [6, 6.07) is 8.99. The van der Waals surface area contributed by atoms with Crippen molar-refractivity contribution >= 4 is 34.6 Å². The maximum absolute atomic E-state index is 12.7. The van der Waals surface area contributed by atoms with Crippen LogP contribution in [0.4, 0.5) is 5.82 Å². The lowest BCUT2D eigenvalue weighted by molar-refractivity contribution is 0.102. The molecule has 9 heteroatoms. The third kappa shape index (κ3) is 4.46. The van der Waals surface area contributed by atoms with E-state index in [1.165, 1.54) is 11.8 Å². The number of fused-ring (bicyclic) bond motifs is 1. The Labute approximate surface area is 183 Å². The first-order valence-electron chi connectivity index (χ1n) is 9.82. The molecule has 4 aromatic rings. The second-order valence-corrected chi connectivity index (χ2v) is 9.13. The molecule has 1 amide bonds. The maximum Gasteiger partial charge on any atom is 0.256 e. The van der Waals surface area contributed by atoms with Crippen LogP contribution in [0.1, 0.15) is 54.2 Å². The van der Waals surface area contributed by atoms with Gasteiger partial charge < -0.3 is 14.3 Å². The molecular weight excluding hydrogens is 414 g/mol. The molecule has 3 aromatic heterocycles. The number of carbonyl (C=O) groups is 1. The number of nitrogens with one attached hydrogen (secondary N) is 1. The molecule has 0 aliphatic heterocycles. The number of hydrogen-bond donors (Lipinski definition) is 1. The quantitative estimate of drug-likeness (QED) is 0.341. The van der Waals surface area contributed by atoms with Crippen LogP contribution in [0.3, 0.4) is 0 Å². The number of hydrogen-bond acceptors (Lipinski definition) is 8. The van der Waals surface area contributed by atoms with Crippen molar-refractivity contribution in [3.63, 3.8) is 0 Å². The van der Waals surface area contributed by atoms with E-state index in [9.17, 15) is 4.79 Å². The Morgan fingerprint density at radius 3 is 2.52 bits per heavy atom. The molecule has 1 N–H and O–H groups in total. The topological polar surface area (TPSA) is 107 Å². The van der Waals surface area contributed by atoms with Gasteiger partial charge in [-0.1, -0.05) is 55.9 Å². The van der Waals surface area contributed by atoms with Crippen LogP contribution in [-0.4, -0.2) is 26.0 Å². The Hall–Kier alpha value is -3.20. The van der Waals surface area contributed by atoms with Crippen LogP contribution in [0.2, 0.25) is 0 Å². The van der Waals surface area contributed by atoms with Gasteiger partial charge in [-0.25, -0.2) is 4.98 Å². The number of anilines is 1. The lowest BCUT2D eigenvalue weighted by atomic mass is 9.96. The number of aryl methyl sites for hydroxylation is 2. The SMILES string of the molecule is Cc1oc2nc(SCc3nc(C(C)(C)C)no3)nc(NC(=O)c3ccccc3)c2c1C. The summed E-state index contributed by atoms with van der Waals surface area (Å²) >= 11 is 1.33. The molecule has 0 spiro atoms. The van der Waals surface area contributed by atoms with Crippen LogP contribution in [0.15, 0.2) is 44.4 Å². The van der Waals surface area contributed by atoms with Crippen molar-refractivity contribution in [3.8, 4) is 0 Å². The van der Waals surface area contributed by atoms with Crippen LogP contribution >= 0.6 is 11.8 Å². The number of rotatable bonds is 5. The Balaban J connectivity index is 1.62. The molecule has 1 aromatic carbocycles. The zero-order chi connectivity index (χ0) is 22.2. The molecule has 0 atom stereocenters. The fourth-order valence-electron chi connectivity index (χ4n) is 2.90. The third-order valence-corrected chi connectivity index (χ3v) is 5.57. The van der Waals surface area contributed by atoms with Gasteiger partial charge in [-0.2, -0.15) is 9.97 Å². The van der Waals surface area contributed by atoms with Crippen LogP contribution < -0.4 is 5.32 Å². The highest BCUT2D eigenvalue weighted by molar-refractivity contribution is 7.98. The smallest absolute Gasteiger partial charge is 0.256 e. The van der Waals surface area contributed by atoms with E-state index in [-0.39, 0.29) is 11.3 Å². The van der Waals surface area contributed by atoms with E-state index in [1.54, 1.807) is 12.1 Å². The number of thioether (sulfide) groups is 1. The number of nitrogens with zero attached hydrogens (tertiary/aromatic N) is 4. The van der Waals surface area contributed by atoms with Crippen molar-refractivity contribution in [1.82, 2.24) is 20.1 Å². The van der Waals surface area contributed by atoms with Crippen LogP contribution in [0, 0.1) is 13.8 Å². The second kappa shape index (κ2) is 8.14. The molecule has 160 valence electrons. The highest BCUT2D eigenvalue weighted by atomic mass is 32.2. The molecule has 3 heterocycles. The van der Waals surface area contributed by atoms with Crippen molar-refractivity contribution in [2.45, 2.75) is 50.9 Å². The Kier molecular flexibility index (Phi) is 5.53. The Bertz CT molecular complexity index is 1240. The van der Waals surface area contributed by atoms with Crippen molar-refractivity contribution in [3.05, 3.63) is 58.9 Å². The summed E-state index contributed by atoms with van der Waals surface area (Å²) in [4.78, 5) is 26.3. The number of furan rings is 1. The largest absolute Gasteiger partial charge is 0.443 e. The number of amides is 1. The summed E-state index contributed by atoms with van der Waals surface area (Å²) in [5, 5.41) is 8.08. The van der Waals surface area contributed by atoms with E-state index in [4.69, 9.17) is 8.94 Å². The predicted molar refractivity (Wildman–Crippen MR) is 118 cm³/mol. The van der Waals surface area contributed by atoms with E-state index < -0.39 is 0 Å². The van der Waals surface area contributed by atoms with Crippen molar-refractivity contribution in [1.29, 1.82) is 0 Å². The first-order chi connectivity index (χ1) is 14.7. The van der Waals surface area contributed by atoms with Crippen LogP contribution in [0.5, 0.6) is 0 Å². The van der Waals surface area contributed by atoms with Gasteiger partial charge in [0.1, 0.15) is 11.6 Å². The summed E-state index contributed by atoms with van der Waals surface area (Å²) in [6.07, 6.45) is 0. The molecule has 31 heavy (non-hydrogen) atoms. The fourth-order valence-corrected chi connectivity index (χ4v) is 3.57. The first kappa shape index (κ1) is 21.0. The molecule has 8 nitrogen and oxygen atoms in total. The van der Waals surface area contributed by atoms with Crippen LogP contribution in [0.25, 0.3) is 11.1 Å². The highest BCUT2D eigenvalue weighted by Crippen LogP contribution is 2.32. The molecule has 0 radical (unpaired) electrons. The minimum absolute atomic E-state index is 0.195. The van der Waals surface area contributed by atoms with Crippen LogP contribution in [-0.2, 0) is 11.2 Å². The monoisotopic (exact) mass is 437 g/mol. The normalized spacial score (nSPS) is 11.8. The number of aromatic nitrogens is 4. The third-order valence-electron chi connectivity index (χ3n) is 4.74. The van der Waals surface area contributed by atoms with E-state index in [0.29, 0.717) is 45.1 Å². The van der Waals surface area contributed by atoms with E-state index in [2.05, 4.69) is 25.4 Å². The summed E-state index contributed by atoms with van der Waals surface area (Å²) in [6.45, 7) is 9.85. The van der Waals surface area contributed by atoms with E-state index in [1.807, 2.05) is 52.8 Å². The molecule has 0 saturated heterocycles. The highest BCUT2D eigenvalue weighted by Gasteiger charge is 2.22. The molecule has 0 unspecified atom stereocenters. The minimum Gasteiger partial charge on any atom is -0.443 e. The molecule has 4 rings (SSSR count). The molecule has 0 aliphatic carbocycles. The van der Waals surface area contributed by atoms with Gasteiger partial charge in [0.25, 0.3) is 5.91 Å². The predicted octanol–water partition coefficient (Wildman–Crippen LogP) is 5.06. The Morgan fingerprint density at radius 1 is 1.10 bits per heavy atom. The molecule has 0 fully saturated rings. The van der Waals surface area contributed by atoms with Gasteiger partial charge in [0.15, 0.2) is 11.0 Å². The first-order valence-corrected chi connectivity index (χ1v) is 10.8. The van der Waals surface area contributed by atoms with Gasteiger partial charge in [0, 0.05) is 16.5 Å². The van der Waals surface area contributed by atoms with Crippen molar-refractivity contribution in [2.24, 2.45) is 0 Å². The maximum atomic E-state index is 12.7. The van der Waals surface area contributed by atoms with Gasteiger partial charge in [-0.3, -0.25) is 4.79 Å². The lowest BCUT2D eigenvalue weighted by Crippen LogP contribution is -2.14. The van der Waals surface area contributed by atoms with Crippen molar-refractivity contribution < 1.29 is 13.7 Å². The second-order valence-electron chi connectivity index (χ2n) is 8.19. The number of benzene rings is 1. The van der Waals surface area contributed by atoms with Crippen molar-refractivity contribution in [2.75, 3.05) is 5.32 Å². The zero-order valence-corrected chi connectivity index (χ0v) is 18.8. The summed E-state index contributed by atoms with van der Waals surface area (Å²) in [5.41, 5.74) is 1.67. The average molecular weight is 438 g/mol. The fraction of sp³-hybridized carbons (Fsp3) is 0.318. The molecule has 0 saturated carbocycles. The standard InChI is InChI=1S/C22H23N5O3S/c1-12-13(2)29-19-16(12)17(24-18(28)14-9-7-6-8-10-14)25-21(26-19)31-11-15-23-20(27-30-15)22(3,4)5/h6-10H,11H2,1-5H3,(H,24,25,26,28). The van der Waals surface area contributed by atoms with Gasteiger partial charge in [0.05, 0.1) is 11.1 Å². The molecule has 0 aliphatic rings. The van der Waals surface area contributed by atoms with Gasteiger partial charge >= 0.3 is 0 Å². The number of carbonyl (C=O) groups excluding carboxylic acids is 1. The summed E-state index contributed by atoms with van der Waals surface area (Å²) < 4.78 is 11.1. The van der Waals surface area contributed by atoms with E-state index in [0.717, 1.165) is 11.3 Å². The molecular formula is C22H23N5O3S. The zero-order valence-electron chi connectivity index (χ0n) is 18.0. The minimum atomic E-state index is -0.249. The Morgan fingerprint density at radius 2 is 1.84 bits per heavy atom. The van der Waals surface area contributed by atoms with Gasteiger partial charge in [-0.15, -0.1) is 0 Å².